The fourth-order valence-corrected chi connectivity index (χ4v) is 2.48. The first kappa shape index (κ1) is 20.6. The first-order valence-corrected chi connectivity index (χ1v) is 8.12. The van der Waals surface area contributed by atoms with Gasteiger partial charge < -0.3 is 14.8 Å². The second-order valence-electron chi connectivity index (χ2n) is 5.58. The minimum Gasteiger partial charge on any atom is -0.493 e. The molecule has 0 spiro atoms. The summed E-state index contributed by atoms with van der Waals surface area (Å²) in [5.74, 6) is 0.418. The molecule has 0 atom stereocenters. The van der Waals surface area contributed by atoms with Gasteiger partial charge in [-0.3, -0.25) is 4.79 Å². The van der Waals surface area contributed by atoms with E-state index in [0.29, 0.717) is 17.2 Å². The van der Waals surface area contributed by atoms with E-state index in [2.05, 4.69) is 5.32 Å². The maximum absolute atomic E-state index is 12.8. The SMILES string of the molecule is COc1cc(C)c(NC(=O)/C=C/c2cc(C(F)(F)F)ccc2Cl)cc1OC. The summed E-state index contributed by atoms with van der Waals surface area (Å²) in [5.41, 5.74) is 0.456. The number of aryl methyl sites for hydroxylation is 1. The standard InChI is InChI=1S/C19H17ClF3NO3/c1-11-8-16(26-2)17(27-3)10-15(11)24-18(25)7-4-12-9-13(19(21,22)23)5-6-14(12)20/h4-10H,1-3H3,(H,24,25)/b7-4+. The van der Waals surface area contributed by atoms with Crippen LogP contribution in [0.4, 0.5) is 18.9 Å². The molecular weight excluding hydrogens is 383 g/mol. The van der Waals surface area contributed by atoms with Crippen LogP contribution in [0.5, 0.6) is 11.5 Å². The Morgan fingerprint density at radius 2 is 1.74 bits per heavy atom. The molecule has 0 saturated heterocycles. The summed E-state index contributed by atoms with van der Waals surface area (Å²) in [7, 11) is 2.96. The molecule has 0 bridgehead atoms. The van der Waals surface area contributed by atoms with Crippen molar-refractivity contribution in [2.75, 3.05) is 19.5 Å². The number of amides is 1. The third-order valence-electron chi connectivity index (χ3n) is 3.73. The number of anilines is 1. The molecule has 2 aromatic carbocycles. The van der Waals surface area contributed by atoms with Gasteiger partial charge >= 0.3 is 6.18 Å². The fraction of sp³-hybridized carbons (Fsp3) is 0.211. The molecule has 8 heteroatoms. The normalized spacial score (nSPS) is 11.5. The molecule has 0 aliphatic carbocycles. The van der Waals surface area contributed by atoms with Crippen LogP contribution < -0.4 is 14.8 Å². The highest BCUT2D eigenvalue weighted by molar-refractivity contribution is 6.32. The predicted molar refractivity (Wildman–Crippen MR) is 98.4 cm³/mol. The van der Waals surface area contributed by atoms with Gasteiger partial charge in [-0.2, -0.15) is 13.2 Å². The number of hydrogen-bond donors (Lipinski definition) is 1. The molecule has 1 amide bonds. The zero-order valence-corrected chi connectivity index (χ0v) is 15.5. The molecule has 0 unspecified atom stereocenters. The van der Waals surface area contributed by atoms with Gasteiger partial charge in [0.1, 0.15) is 0 Å². The van der Waals surface area contributed by atoms with Crippen LogP contribution in [0.25, 0.3) is 6.08 Å². The lowest BCUT2D eigenvalue weighted by atomic mass is 10.1. The van der Waals surface area contributed by atoms with Crippen molar-refractivity contribution in [1.29, 1.82) is 0 Å². The summed E-state index contributed by atoms with van der Waals surface area (Å²) in [6, 6.07) is 6.19. The van der Waals surface area contributed by atoms with Crippen molar-refractivity contribution < 1.29 is 27.4 Å². The number of ether oxygens (including phenoxy) is 2. The van der Waals surface area contributed by atoms with Gasteiger partial charge in [0.25, 0.3) is 0 Å². The van der Waals surface area contributed by atoms with E-state index >= 15 is 0 Å². The van der Waals surface area contributed by atoms with Crippen molar-refractivity contribution in [3.63, 3.8) is 0 Å². The summed E-state index contributed by atoms with van der Waals surface area (Å²) in [6.45, 7) is 1.77. The third-order valence-corrected chi connectivity index (χ3v) is 4.07. The Bertz CT molecular complexity index is 879. The van der Waals surface area contributed by atoms with E-state index in [0.717, 1.165) is 29.8 Å². The second-order valence-corrected chi connectivity index (χ2v) is 5.99. The zero-order chi connectivity index (χ0) is 20.2. The Labute approximate surface area is 159 Å². The van der Waals surface area contributed by atoms with Crippen LogP contribution in [0.2, 0.25) is 5.02 Å². The smallest absolute Gasteiger partial charge is 0.416 e. The number of nitrogens with one attached hydrogen (secondary N) is 1. The molecule has 144 valence electrons. The van der Waals surface area contributed by atoms with Gasteiger partial charge in [-0.05, 0) is 48.4 Å². The summed E-state index contributed by atoms with van der Waals surface area (Å²) in [5, 5.41) is 2.75. The topological polar surface area (TPSA) is 47.6 Å². The van der Waals surface area contributed by atoms with Crippen molar-refractivity contribution in [2.24, 2.45) is 0 Å². The molecular formula is C19H17ClF3NO3. The molecule has 2 rings (SSSR count). The van der Waals surface area contributed by atoms with Crippen LogP contribution in [0.1, 0.15) is 16.7 Å². The zero-order valence-electron chi connectivity index (χ0n) is 14.8. The maximum Gasteiger partial charge on any atom is 0.416 e. The minimum atomic E-state index is -4.49. The highest BCUT2D eigenvalue weighted by Crippen LogP contribution is 2.33. The van der Waals surface area contributed by atoms with Gasteiger partial charge in [0.05, 0.1) is 19.8 Å². The molecule has 4 nitrogen and oxygen atoms in total. The van der Waals surface area contributed by atoms with Crippen molar-refractivity contribution in [1.82, 2.24) is 0 Å². The van der Waals surface area contributed by atoms with Gasteiger partial charge in [0, 0.05) is 22.9 Å². The summed E-state index contributed by atoms with van der Waals surface area (Å²) < 4.78 is 48.7. The van der Waals surface area contributed by atoms with Gasteiger partial charge in [0.15, 0.2) is 11.5 Å². The summed E-state index contributed by atoms with van der Waals surface area (Å²) in [6.07, 6.45) is -2.16. The van der Waals surface area contributed by atoms with Crippen LogP contribution in [0.3, 0.4) is 0 Å². The predicted octanol–water partition coefficient (Wildman–Crippen LogP) is 5.34. The maximum atomic E-state index is 12.8. The summed E-state index contributed by atoms with van der Waals surface area (Å²) in [4.78, 5) is 12.1. The largest absolute Gasteiger partial charge is 0.493 e. The van der Waals surface area contributed by atoms with Crippen LogP contribution >= 0.6 is 11.6 Å². The van der Waals surface area contributed by atoms with Crippen molar-refractivity contribution in [3.8, 4) is 11.5 Å². The monoisotopic (exact) mass is 399 g/mol. The van der Waals surface area contributed by atoms with Gasteiger partial charge in [-0.15, -0.1) is 0 Å². The van der Waals surface area contributed by atoms with E-state index in [1.165, 1.54) is 20.3 Å². The number of alkyl halides is 3. The molecule has 0 fully saturated rings. The number of halogens is 4. The molecule has 2 aromatic rings. The quantitative estimate of drug-likeness (QED) is 0.691. The number of carbonyl (C=O) groups excluding carboxylic acids is 1. The van der Waals surface area contributed by atoms with E-state index in [1.807, 2.05) is 0 Å². The molecule has 0 saturated carbocycles. The lowest BCUT2D eigenvalue weighted by Crippen LogP contribution is -2.09. The molecule has 0 aromatic heterocycles. The van der Waals surface area contributed by atoms with Crippen molar-refractivity contribution >= 4 is 29.3 Å². The van der Waals surface area contributed by atoms with E-state index in [1.54, 1.807) is 19.1 Å². The lowest BCUT2D eigenvalue weighted by molar-refractivity contribution is -0.137. The van der Waals surface area contributed by atoms with Gasteiger partial charge in [-0.25, -0.2) is 0 Å². The third kappa shape index (κ3) is 5.17. The Hall–Kier alpha value is -2.67. The molecule has 1 N–H and O–H groups in total. The van der Waals surface area contributed by atoms with E-state index < -0.39 is 17.6 Å². The van der Waals surface area contributed by atoms with Crippen LogP contribution in [-0.4, -0.2) is 20.1 Å². The van der Waals surface area contributed by atoms with Crippen molar-refractivity contribution in [2.45, 2.75) is 13.1 Å². The van der Waals surface area contributed by atoms with Gasteiger partial charge in [-0.1, -0.05) is 11.6 Å². The molecule has 0 heterocycles. The second kappa shape index (κ2) is 8.35. The van der Waals surface area contributed by atoms with Crippen LogP contribution in [-0.2, 0) is 11.0 Å². The number of rotatable bonds is 5. The van der Waals surface area contributed by atoms with E-state index in [-0.39, 0.29) is 10.6 Å². The first-order valence-electron chi connectivity index (χ1n) is 7.74. The van der Waals surface area contributed by atoms with Crippen LogP contribution in [0, 0.1) is 6.92 Å². The molecule has 27 heavy (non-hydrogen) atoms. The summed E-state index contributed by atoms with van der Waals surface area (Å²) >= 11 is 5.91. The lowest BCUT2D eigenvalue weighted by Gasteiger charge is -2.13. The average molecular weight is 400 g/mol. The molecule has 0 radical (unpaired) electrons. The molecule has 0 aliphatic rings. The Morgan fingerprint density at radius 3 is 2.33 bits per heavy atom. The highest BCUT2D eigenvalue weighted by atomic mass is 35.5. The Kier molecular flexibility index (Phi) is 6.38. The number of carbonyl (C=O) groups is 1. The van der Waals surface area contributed by atoms with Crippen molar-refractivity contribution in [3.05, 3.63) is 58.1 Å². The number of methoxy groups -OCH3 is 2. The number of hydrogen-bond acceptors (Lipinski definition) is 3. The van der Waals surface area contributed by atoms with Crippen LogP contribution in [0.15, 0.2) is 36.4 Å². The van der Waals surface area contributed by atoms with Gasteiger partial charge in [0.2, 0.25) is 5.91 Å². The molecule has 0 aliphatic heterocycles. The minimum absolute atomic E-state index is 0.0886. The van der Waals surface area contributed by atoms with E-state index in [9.17, 15) is 18.0 Å². The number of benzene rings is 2. The van der Waals surface area contributed by atoms with E-state index in [4.69, 9.17) is 21.1 Å². The Balaban J connectivity index is 2.21. The Morgan fingerprint density at radius 1 is 1.11 bits per heavy atom. The highest BCUT2D eigenvalue weighted by Gasteiger charge is 2.30. The fourth-order valence-electron chi connectivity index (χ4n) is 2.30. The first-order chi connectivity index (χ1) is 12.7. The average Bonchev–Trinajstić information content (AvgIpc) is 2.61.